The van der Waals surface area contributed by atoms with Crippen LogP contribution in [0.25, 0.3) is 0 Å². The van der Waals surface area contributed by atoms with Crippen molar-refractivity contribution >= 4 is 22.0 Å². The Bertz CT molecular complexity index is 459. The van der Waals surface area contributed by atoms with E-state index < -0.39 is 18.6 Å². The number of nitrogens with zero attached hydrogens (tertiary/aromatic N) is 2. The van der Waals surface area contributed by atoms with Gasteiger partial charge in [-0.25, -0.2) is 18.6 Å². The summed E-state index contributed by atoms with van der Waals surface area (Å²) in [5.74, 6) is 0.0953. The molecule has 2 heterocycles. The summed E-state index contributed by atoms with van der Waals surface area (Å²) in [5.41, 5.74) is 0. The van der Waals surface area contributed by atoms with Gasteiger partial charge in [-0.3, -0.25) is 4.90 Å². The summed E-state index contributed by atoms with van der Waals surface area (Å²) < 4.78 is 31.3. The van der Waals surface area contributed by atoms with Crippen molar-refractivity contribution < 1.29 is 18.3 Å². The third kappa shape index (κ3) is 3.62. The molecule has 4 nitrogen and oxygen atoms in total. The van der Waals surface area contributed by atoms with E-state index in [-0.39, 0.29) is 5.88 Å². The van der Waals surface area contributed by atoms with E-state index >= 15 is 0 Å². The van der Waals surface area contributed by atoms with Crippen LogP contribution in [-0.2, 0) is 0 Å². The SMILES string of the molecule is O=C(Oc1cccc(Br)n1)N1CCCCC1C(F)F. The third-order valence-electron chi connectivity index (χ3n) is 2.96. The number of ether oxygens (including phenoxy) is 1. The van der Waals surface area contributed by atoms with Gasteiger partial charge >= 0.3 is 6.09 Å². The van der Waals surface area contributed by atoms with E-state index in [0.29, 0.717) is 30.4 Å². The average Bonchev–Trinajstić information content (AvgIpc) is 2.38. The third-order valence-corrected chi connectivity index (χ3v) is 3.40. The molecule has 1 saturated heterocycles. The summed E-state index contributed by atoms with van der Waals surface area (Å²) in [5, 5.41) is 0. The van der Waals surface area contributed by atoms with E-state index in [1.807, 2.05) is 0 Å². The number of aromatic nitrogens is 1. The molecule has 1 aromatic heterocycles. The largest absolute Gasteiger partial charge is 0.417 e. The number of amides is 1. The van der Waals surface area contributed by atoms with E-state index in [1.54, 1.807) is 12.1 Å². The minimum Gasteiger partial charge on any atom is -0.391 e. The molecule has 104 valence electrons. The normalized spacial score (nSPS) is 19.6. The molecule has 1 amide bonds. The van der Waals surface area contributed by atoms with Gasteiger partial charge in [0.1, 0.15) is 4.60 Å². The van der Waals surface area contributed by atoms with Crippen molar-refractivity contribution in [1.82, 2.24) is 9.88 Å². The van der Waals surface area contributed by atoms with Gasteiger partial charge < -0.3 is 4.74 Å². The molecule has 0 spiro atoms. The van der Waals surface area contributed by atoms with Gasteiger partial charge in [-0.05, 0) is 41.3 Å². The molecule has 2 rings (SSSR count). The van der Waals surface area contributed by atoms with Gasteiger partial charge in [-0.15, -0.1) is 0 Å². The zero-order valence-corrected chi connectivity index (χ0v) is 11.6. The van der Waals surface area contributed by atoms with Crippen LogP contribution < -0.4 is 4.74 Å². The molecule has 7 heteroatoms. The summed E-state index contributed by atoms with van der Waals surface area (Å²) in [6.45, 7) is 0.293. The number of piperidine rings is 1. The van der Waals surface area contributed by atoms with Crippen LogP contribution in [0.3, 0.4) is 0 Å². The molecule has 1 fully saturated rings. The van der Waals surface area contributed by atoms with E-state index in [9.17, 15) is 13.6 Å². The fraction of sp³-hybridized carbons (Fsp3) is 0.500. The average molecular weight is 335 g/mol. The number of hydrogen-bond acceptors (Lipinski definition) is 3. The van der Waals surface area contributed by atoms with Crippen LogP contribution in [0.1, 0.15) is 19.3 Å². The number of hydrogen-bond donors (Lipinski definition) is 0. The molecule has 1 aliphatic rings. The topological polar surface area (TPSA) is 42.4 Å². The summed E-state index contributed by atoms with van der Waals surface area (Å²) in [6.07, 6.45) is -1.60. The zero-order valence-electron chi connectivity index (χ0n) is 10.1. The van der Waals surface area contributed by atoms with E-state index in [1.165, 1.54) is 6.07 Å². The maximum Gasteiger partial charge on any atom is 0.417 e. The van der Waals surface area contributed by atoms with Gasteiger partial charge in [-0.2, -0.15) is 0 Å². The Balaban J connectivity index is 2.05. The maximum atomic E-state index is 12.9. The van der Waals surface area contributed by atoms with Crippen molar-refractivity contribution in [1.29, 1.82) is 0 Å². The molecular weight excluding hydrogens is 322 g/mol. The van der Waals surface area contributed by atoms with Crippen molar-refractivity contribution in [2.24, 2.45) is 0 Å². The van der Waals surface area contributed by atoms with Crippen molar-refractivity contribution in [3.8, 4) is 5.88 Å². The van der Waals surface area contributed by atoms with Gasteiger partial charge in [0.25, 0.3) is 6.43 Å². The highest BCUT2D eigenvalue weighted by Crippen LogP contribution is 2.23. The Morgan fingerprint density at radius 3 is 2.95 bits per heavy atom. The Hall–Kier alpha value is -1.24. The highest BCUT2D eigenvalue weighted by Gasteiger charge is 2.34. The van der Waals surface area contributed by atoms with E-state index in [4.69, 9.17) is 4.74 Å². The van der Waals surface area contributed by atoms with Crippen LogP contribution in [0.2, 0.25) is 0 Å². The highest BCUT2D eigenvalue weighted by molar-refractivity contribution is 9.10. The van der Waals surface area contributed by atoms with Crippen LogP contribution in [0.15, 0.2) is 22.8 Å². The van der Waals surface area contributed by atoms with Gasteiger partial charge in [0.2, 0.25) is 5.88 Å². The summed E-state index contributed by atoms with van der Waals surface area (Å²) in [7, 11) is 0. The molecular formula is C12H13BrF2N2O2. The number of carbonyl (C=O) groups excluding carboxylic acids is 1. The van der Waals surface area contributed by atoms with Crippen LogP contribution in [0.4, 0.5) is 13.6 Å². The van der Waals surface area contributed by atoms with Gasteiger partial charge in [0.15, 0.2) is 0 Å². The number of carbonyl (C=O) groups is 1. The fourth-order valence-corrected chi connectivity index (χ4v) is 2.37. The molecule has 0 saturated carbocycles. The lowest BCUT2D eigenvalue weighted by Gasteiger charge is -2.33. The lowest BCUT2D eigenvalue weighted by Crippen LogP contribution is -2.48. The smallest absolute Gasteiger partial charge is 0.391 e. The van der Waals surface area contributed by atoms with Crippen molar-refractivity contribution in [2.75, 3.05) is 6.54 Å². The standard InChI is InChI=1S/C12H13BrF2N2O2/c13-9-5-3-6-10(16-9)19-12(18)17-7-2-1-4-8(17)11(14)15/h3,5-6,8,11H,1-2,4,7H2. The Labute approximate surface area is 117 Å². The summed E-state index contributed by atoms with van der Waals surface area (Å²) >= 11 is 3.15. The second kappa shape index (κ2) is 6.27. The number of rotatable bonds is 2. The molecule has 1 atom stereocenters. The van der Waals surface area contributed by atoms with Gasteiger partial charge in [-0.1, -0.05) is 6.07 Å². The van der Waals surface area contributed by atoms with E-state index in [2.05, 4.69) is 20.9 Å². The molecule has 0 bridgehead atoms. The Morgan fingerprint density at radius 2 is 2.26 bits per heavy atom. The quantitative estimate of drug-likeness (QED) is 0.778. The molecule has 1 aromatic rings. The van der Waals surface area contributed by atoms with Gasteiger partial charge in [0, 0.05) is 12.6 Å². The Kier molecular flexibility index (Phi) is 4.68. The van der Waals surface area contributed by atoms with Crippen molar-refractivity contribution in [2.45, 2.75) is 31.7 Å². The first-order chi connectivity index (χ1) is 9.08. The highest BCUT2D eigenvalue weighted by atomic mass is 79.9. The molecule has 1 aliphatic heterocycles. The van der Waals surface area contributed by atoms with Crippen LogP contribution in [0.5, 0.6) is 5.88 Å². The lowest BCUT2D eigenvalue weighted by molar-refractivity contribution is 0.0122. The summed E-state index contributed by atoms with van der Waals surface area (Å²) in [4.78, 5) is 16.9. The predicted octanol–water partition coefficient (Wildman–Crippen LogP) is 3.46. The number of likely N-dealkylation sites (tertiary alicyclic amines) is 1. The number of pyridine rings is 1. The van der Waals surface area contributed by atoms with Crippen molar-refractivity contribution in [3.63, 3.8) is 0 Å². The monoisotopic (exact) mass is 334 g/mol. The molecule has 0 N–H and O–H groups in total. The first kappa shape index (κ1) is 14.2. The zero-order chi connectivity index (χ0) is 13.8. The van der Waals surface area contributed by atoms with Gasteiger partial charge in [0.05, 0.1) is 6.04 Å². The fourth-order valence-electron chi connectivity index (χ4n) is 2.04. The van der Waals surface area contributed by atoms with Crippen LogP contribution in [0, 0.1) is 0 Å². The second-order valence-electron chi connectivity index (χ2n) is 4.26. The lowest BCUT2D eigenvalue weighted by atomic mass is 10.0. The second-order valence-corrected chi connectivity index (χ2v) is 5.07. The molecule has 0 radical (unpaired) electrons. The number of alkyl halides is 2. The molecule has 0 aliphatic carbocycles. The first-order valence-corrected chi connectivity index (χ1v) is 6.76. The maximum absolute atomic E-state index is 12.9. The Morgan fingerprint density at radius 1 is 1.47 bits per heavy atom. The van der Waals surface area contributed by atoms with Crippen molar-refractivity contribution in [3.05, 3.63) is 22.8 Å². The molecule has 1 unspecified atom stereocenters. The minimum absolute atomic E-state index is 0.0953. The molecule has 19 heavy (non-hydrogen) atoms. The first-order valence-electron chi connectivity index (χ1n) is 5.97. The predicted molar refractivity (Wildman–Crippen MR) is 68.3 cm³/mol. The van der Waals surface area contributed by atoms with Crippen LogP contribution >= 0.6 is 15.9 Å². The minimum atomic E-state index is -2.55. The summed E-state index contributed by atoms with van der Waals surface area (Å²) in [6, 6.07) is 3.78. The van der Waals surface area contributed by atoms with E-state index in [0.717, 1.165) is 4.90 Å². The number of halogens is 3. The van der Waals surface area contributed by atoms with Crippen LogP contribution in [-0.4, -0.2) is 35.0 Å². The molecule has 0 aromatic carbocycles.